The molecule has 0 aliphatic carbocycles. The Kier molecular flexibility index (Phi) is 5.27. The number of benzene rings is 1. The van der Waals surface area contributed by atoms with Gasteiger partial charge in [0.05, 0.1) is 10.2 Å². The van der Waals surface area contributed by atoms with Crippen molar-refractivity contribution in [1.82, 2.24) is 9.88 Å². The van der Waals surface area contributed by atoms with Crippen LogP contribution in [0.1, 0.15) is 19.8 Å². The Labute approximate surface area is 153 Å². The molecule has 2 heterocycles. The highest BCUT2D eigenvalue weighted by molar-refractivity contribution is 7.22. The normalized spacial score (nSPS) is 14.1. The number of imide groups is 1. The van der Waals surface area contributed by atoms with E-state index < -0.39 is 36.8 Å². The van der Waals surface area contributed by atoms with Gasteiger partial charge in [0, 0.05) is 19.4 Å². The van der Waals surface area contributed by atoms with E-state index in [-0.39, 0.29) is 12.8 Å². The fourth-order valence-corrected chi connectivity index (χ4v) is 3.63. The van der Waals surface area contributed by atoms with Gasteiger partial charge in [0.25, 0.3) is 5.91 Å². The second kappa shape index (κ2) is 7.61. The van der Waals surface area contributed by atoms with Crippen molar-refractivity contribution in [2.45, 2.75) is 19.8 Å². The molecule has 0 bridgehead atoms. The van der Waals surface area contributed by atoms with Gasteiger partial charge < -0.3 is 4.74 Å². The summed E-state index contributed by atoms with van der Waals surface area (Å²) in [6, 6.07) is 7.54. The average molecular weight is 375 g/mol. The van der Waals surface area contributed by atoms with E-state index in [0.717, 1.165) is 15.1 Å². The van der Waals surface area contributed by atoms with Crippen molar-refractivity contribution >= 4 is 50.4 Å². The molecule has 0 radical (unpaired) electrons. The molecule has 136 valence electrons. The van der Waals surface area contributed by atoms with Gasteiger partial charge in [0.1, 0.15) is 6.54 Å². The first-order valence-electron chi connectivity index (χ1n) is 8.14. The second-order valence-corrected chi connectivity index (χ2v) is 6.65. The third kappa shape index (κ3) is 3.72. The summed E-state index contributed by atoms with van der Waals surface area (Å²) < 4.78 is 5.90. The summed E-state index contributed by atoms with van der Waals surface area (Å²) in [6.07, 6.45) is 0.207. The molecule has 2 aromatic rings. The number of aromatic nitrogens is 1. The molecule has 1 saturated heterocycles. The lowest BCUT2D eigenvalue weighted by Gasteiger charge is -2.18. The Morgan fingerprint density at radius 1 is 1.23 bits per heavy atom. The molecule has 1 aromatic carbocycles. The van der Waals surface area contributed by atoms with E-state index in [4.69, 9.17) is 4.74 Å². The smallest absolute Gasteiger partial charge is 0.326 e. The highest BCUT2D eigenvalue weighted by Gasteiger charge is 2.31. The number of thiazole rings is 1. The molecule has 0 saturated carbocycles. The number of para-hydroxylation sites is 1. The van der Waals surface area contributed by atoms with Gasteiger partial charge in [-0.25, -0.2) is 4.98 Å². The standard InChI is InChI=1S/C17H17N3O5S/c1-2-19(17-18-11-5-3-4-6-12(11)26-17)15(23)10-25-16(24)9-20-13(21)7-8-14(20)22/h3-6H,2,7-10H2,1H3. The Hall–Kier alpha value is -2.81. The van der Waals surface area contributed by atoms with E-state index >= 15 is 0 Å². The minimum absolute atomic E-state index is 0.103. The second-order valence-electron chi connectivity index (χ2n) is 5.64. The van der Waals surface area contributed by atoms with Gasteiger partial charge in [0.15, 0.2) is 11.7 Å². The zero-order chi connectivity index (χ0) is 18.7. The number of ether oxygens (including phenoxy) is 1. The molecule has 1 aliphatic rings. The van der Waals surface area contributed by atoms with Crippen molar-refractivity contribution in [2.75, 3.05) is 24.6 Å². The maximum Gasteiger partial charge on any atom is 0.326 e. The Balaban J connectivity index is 1.59. The maximum absolute atomic E-state index is 12.4. The third-order valence-corrected chi connectivity index (χ3v) is 4.99. The summed E-state index contributed by atoms with van der Waals surface area (Å²) in [7, 11) is 0. The molecule has 0 unspecified atom stereocenters. The van der Waals surface area contributed by atoms with Crippen molar-refractivity contribution in [3.63, 3.8) is 0 Å². The Morgan fingerprint density at radius 2 is 1.92 bits per heavy atom. The average Bonchev–Trinajstić information content (AvgIpc) is 3.18. The number of fused-ring (bicyclic) bond motifs is 1. The lowest BCUT2D eigenvalue weighted by molar-refractivity contribution is -0.154. The van der Waals surface area contributed by atoms with Crippen LogP contribution in [0, 0.1) is 0 Å². The number of likely N-dealkylation sites (N-methyl/N-ethyl adjacent to an activating group) is 1. The first-order valence-corrected chi connectivity index (χ1v) is 8.96. The van der Waals surface area contributed by atoms with E-state index in [0.29, 0.717) is 11.7 Å². The predicted octanol–water partition coefficient (Wildman–Crippen LogP) is 1.34. The highest BCUT2D eigenvalue weighted by Crippen LogP contribution is 2.28. The topological polar surface area (TPSA) is 96.9 Å². The van der Waals surface area contributed by atoms with Crippen LogP contribution in [0.15, 0.2) is 24.3 Å². The lowest BCUT2D eigenvalue weighted by Crippen LogP contribution is -2.38. The number of nitrogens with zero attached hydrogens (tertiary/aromatic N) is 3. The first-order chi connectivity index (χ1) is 12.5. The molecule has 0 N–H and O–H groups in total. The Morgan fingerprint density at radius 3 is 2.58 bits per heavy atom. The van der Waals surface area contributed by atoms with Crippen LogP contribution >= 0.6 is 11.3 Å². The lowest BCUT2D eigenvalue weighted by atomic mass is 10.3. The number of carbonyl (C=O) groups excluding carboxylic acids is 4. The summed E-state index contributed by atoms with van der Waals surface area (Å²) in [6.45, 7) is 1.24. The van der Waals surface area contributed by atoms with Crippen LogP contribution in [0.25, 0.3) is 10.2 Å². The van der Waals surface area contributed by atoms with Gasteiger partial charge in [-0.3, -0.25) is 29.0 Å². The molecule has 3 rings (SSSR count). The number of amides is 3. The van der Waals surface area contributed by atoms with E-state index in [1.165, 1.54) is 16.2 Å². The van der Waals surface area contributed by atoms with Gasteiger partial charge in [-0.15, -0.1) is 0 Å². The largest absolute Gasteiger partial charge is 0.454 e. The molecule has 8 nitrogen and oxygen atoms in total. The van der Waals surface area contributed by atoms with E-state index in [9.17, 15) is 19.2 Å². The number of esters is 1. The van der Waals surface area contributed by atoms with E-state index in [1.807, 2.05) is 24.3 Å². The molecule has 1 aromatic heterocycles. The number of hydrogen-bond donors (Lipinski definition) is 0. The molecule has 26 heavy (non-hydrogen) atoms. The van der Waals surface area contributed by atoms with Gasteiger partial charge in [-0.05, 0) is 19.1 Å². The molecule has 0 atom stereocenters. The predicted molar refractivity (Wildman–Crippen MR) is 94.6 cm³/mol. The van der Waals surface area contributed by atoms with Crippen LogP contribution in [-0.4, -0.2) is 53.3 Å². The highest BCUT2D eigenvalue weighted by atomic mass is 32.1. The zero-order valence-corrected chi connectivity index (χ0v) is 15.0. The van der Waals surface area contributed by atoms with Crippen LogP contribution in [0.2, 0.25) is 0 Å². The number of rotatable bonds is 6. The minimum atomic E-state index is -0.790. The summed E-state index contributed by atoms with van der Waals surface area (Å²) in [5, 5.41) is 0.527. The van der Waals surface area contributed by atoms with Gasteiger partial charge in [-0.2, -0.15) is 0 Å². The Bertz CT molecular complexity index is 829. The number of carbonyl (C=O) groups is 4. The summed E-state index contributed by atoms with van der Waals surface area (Å²) in [4.78, 5) is 53.9. The van der Waals surface area contributed by atoms with Crippen molar-refractivity contribution < 1.29 is 23.9 Å². The van der Waals surface area contributed by atoms with Gasteiger partial charge >= 0.3 is 5.97 Å². The fraction of sp³-hybridized carbons (Fsp3) is 0.353. The third-order valence-electron chi connectivity index (χ3n) is 3.93. The molecule has 9 heteroatoms. The van der Waals surface area contributed by atoms with Crippen molar-refractivity contribution in [3.05, 3.63) is 24.3 Å². The van der Waals surface area contributed by atoms with Gasteiger partial charge in [-0.1, -0.05) is 23.5 Å². The van der Waals surface area contributed by atoms with Crippen LogP contribution in [-0.2, 0) is 23.9 Å². The molecule has 3 amide bonds. The van der Waals surface area contributed by atoms with Crippen LogP contribution in [0.4, 0.5) is 5.13 Å². The van der Waals surface area contributed by atoms with Gasteiger partial charge in [0.2, 0.25) is 11.8 Å². The fourth-order valence-electron chi connectivity index (χ4n) is 2.59. The molecular weight excluding hydrogens is 358 g/mol. The number of likely N-dealkylation sites (tertiary alicyclic amines) is 1. The minimum Gasteiger partial charge on any atom is -0.454 e. The summed E-state index contributed by atoms with van der Waals surface area (Å²) in [5.41, 5.74) is 0.793. The van der Waals surface area contributed by atoms with Crippen molar-refractivity contribution in [1.29, 1.82) is 0 Å². The zero-order valence-electron chi connectivity index (χ0n) is 14.1. The van der Waals surface area contributed by atoms with E-state index in [2.05, 4.69) is 4.98 Å². The monoisotopic (exact) mass is 375 g/mol. The van der Waals surface area contributed by atoms with Crippen LogP contribution in [0.3, 0.4) is 0 Å². The molecule has 1 fully saturated rings. The summed E-state index contributed by atoms with van der Waals surface area (Å²) >= 11 is 1.38. The number of anilines is 1. The first kappa shape index (κ1) is 18.0. The quantitative estimate of drug-likeness (QED) is 0.558. The molecule has 0 spiro atoms. The maximum atomic E-state index is 12.4. The molecule has 1 aliphatic heterocycles. The molecular formula is C17H17N3O5S. The SMILES string of the molecule is CCN(C(=O)COC(=O)CN1C(=O)CCC1=O)c1nc2ccccc2s1. The van der Waals surface area contributed by atoms with Crippen molar-refractivity contribution in [2.24, 2.45) is 0 Å². The van der Waals surface area contributed by atoms with Crippen LogP contribution < -0.4 is 4.90 Å². The van der Waals surface area contributed by atoms with Crippen LogP contribution in [0.5, 0.6) is 0 Å². The van der Waals surface area contributed by atoms with E-state index in [1.54, 1.807) is 6.92 Å². The number of hydrogen-bond acceptors (Lipinski definition) is 7. The summed E-state index contributed by atoms with van der Waals surface area (Å²) in [5.74, 6) is -2.01. The van der Waals surface area contributed by atoms with Crippen molar-refractivity contribution in [3.8, 4) is 0 Å².